The van der Waals surface area contributed by atoms with Crippen molar-refractivity contribution in [1.29, 1.82) is 0 Å². The average Bonchev–Trinajstić information content (AvgIpc) is 3.38. The zero-order valence-corrected chi connectivity index (χ0v) is 47.2. The minimum atomic E-state index is -0.587. The predicted molar refractivity (Wildman–Crippen MR) is 316 cm³/mol. The summed E-state index contributed by atoms with van der Waals surface area (Å²) in [5.74, 6) is -0.477. The molecule has 0 aromatic rings. The highest BCUT2D eigenvalue weighted by Crippen LogP contribution is 2.16. The van der Waals surface area contributed by atoms with E-state index in [0.717, 1.165) is 116 Å². The van der Waals surface area contributed by atoms with E-state index in [9.17, 15) is 9.59 Å². The fourth-order valence-electron chi connectivity index (χ4n) is 8.10. The molecule has 0 aromatic heterocycles. The minimum absolute atomic E-state index is 0.0473. The zero-order valence-electron chi connectivity index (χ0n) is 47.2. The summed E-state index contributed by atoms with van der Waals surface area (Å²) in [6.07, 6.45) is 86.7. The van der Waals surface area contributed by atoms with Crippen LogP contribution in [0.25, 0.3) is 0 Å². The molecule has 1 atom stereocenters. The quantitative estimate of drug-likeness (QED) is 0.0345. The third kappa shape index (κ3) is 58.9. The van der Waals surface area contributed by atoms with Crippen molar-refractivity contribution in [2.45, 2.75) is 271 Å². The summed E-state index contributed by atoms with van der Waals surface area (Å²) in [4.78, 5) is 25.6. The Kier molecular flexibility index (Phi) is 58.4. The Balaban J connectivity index is 4.41. The van der Waals surface area contributed by atoms with Gasteiger partial charge in [0.1, 0.15) is 6.61 Å². The molecule has 0 N–H and O–H groups in total. The summed E-state index contributed by atoms with van der Waals surface area (Å²) in [6, 6.07) is 0. The van der Waals surface area contributed by atoms with Gasteiger partial charge >= 0.3 is 11.9 Å². The van der Waals surface area contributed by atoms with E-state index in [0.29, 0.717) is 19.4 Å². The van der Waals surface area contributed by atoms with Gasteiger partial charge in [-0.25, -0.2) is 0 Å². The number of carbonyl (C=O) groups is 2. The summed E-state index contributed by atoms with van der Waals surface area (Å²) < 4.78 is 17.4. The number of allylic oxidation sites excluding steroid dienone is 20. The molecule has 0 saturated carbocycles. The van der Waals surface area contributed by atoms with E-state index in [1.807, 2.05) is 0 Å². The molecule has 0 amide bonds. The Morgan fingerprint density at radius 3 is 1.04 bits per heavy atom. The lowest BCUT2D eigenvalue weighted by Gasteiger charge is -2.18. The second-order valence-corrected chi connectivity index (χ2v) is 19.5. The molecule has 5 heteroatoms. The molecule has 0 aliphatic carbocycles. The van der Waals surface area contributed by atoms with Crippen LogP contribution in [0.1, 0.15) is 265 Å². The van der Waals surface area contributed by atoms with Gasteiger partial charge in [-0.2, -0.15) is 0 Å². The molecule has 5 nitrogen and oxygen atoms in total. The lowest BCUT2D eigenvalue weighted by atomic mass is 10.0. The van der Waals surface area contributed by atoms with Crippen molar-refractivity contribution >= 4 is 11.9 Å². The highest BCUT2D eigenvalue weighted by atomic mass is 16.6. The number of carbonyl (C=O) groups excluding carboxylic acids is 2. The Morgan fingerprint density at radius 2 is 0.639 bits per heavy atom. The first-order valence-electron chi connectivity index (χ1n) is 30.1. The number of rotatable bonds is 54. The van der Waals surface area contributed by atoms with Crippen molar-refractivity contribution in [2.24, 2.45) is 0 Å². The first kappa shape index (κ1) is 68.3. The predicted octanol–water partition coefficient (Wildman–Crippen LogP) is 20.9. The normalized spacial score (nSPS) is 13.1. The second kappa shape index (κ2) is 61.6. The number of esters is 2. The topological polar surface area (TPSA) is 61.8 Å². The second-order valence-electron chi connectivity index (χ2n) is 19.5. The van der Waals surface area contributed by atoms with Crippen LogP contribution in [-0.4, -0.2) is 37.9 Å². The van der Waals surface area contributed by atoms with E-state index in [-0.39, 0.29) is 25.2 Å². The lowest BCUT2D eigenvalue weighted by Crippen LogP contribution is -2.30. The van der Waals surface area contributed by atoms with Gasteiger partial charge in [0.05, 0.1) is 6.61 Å². The van der Waals surface area contributed by atoms with E-state index >= 15 is 0 Å². The molecule has 0 aliphatic rings. The number of hydrogen-bond acceptors (Lipinski definition) is 5. The summed E-state index contributed by atoms with van der Waals surface area (Å²) in [5, 5.41) is 0. The van der Waals surface area contributed by atoms with Gasteiger partial charge in [-0.15, -0.1) is 0 Å². The molecular formula is C67H112O5. The van der Waals surface area contributed by atoms with E-state index in [1.54, 1.807) is 0 Å². The average molecular weight is 998 g/mol. The number of hydrogen-bond donors (Lipinski definition) is 0. The van der Waals surface area contributed by atoms with Crippen molar-refractivity contribution in [1.82, 2.24) is 0 Å². The van der Waals surface area contributed by atoms with E-state index in [2.05, 4.69) is 142 Å². The van der Waals surface area contributed by atoms with Crippen LogP contribution < -0.4 is 0 Å². The maximum Gasteiger partial charge on any atom is 0.306 e. The highest BCUT2D eigenvalue weighted by Gasteiger charge is 2.17. The third-order valence-electron chi connectivity index (χ3n) is 12.5. The Labute approximate surface area is 446 Å². The van der Waals surface area contributed by atoms with Gasteiger partial charge in [0, 0.05) is 19.4 Å². The molecule has 0 rings (SSSR count). The lowest BCUT2D eigenvalue weighted by molar-refractivity contribution is -0.162. The van der Waals surface area contributed by atoms with Crippen molar-refractivity contribution in [3.05, 3.63) is 122 Å². The molecule has 0 bridgehead atoms. The van der Waals surface area contributed by atoms with Crippen LogP contribution in [0.2, 0.25) is 0 Å². The van der Waals surface area contributed by atoms with Crippen LogP contribution in [0.15, 0.2) is 122 Å². The van der Waals surface area contributed by atoms with Crippen LogP contribution in [0, 0.1) is 0 Å². The van der Waals surface area contributed by atoms with Crippen molar-refractivity contribution in [2.75, 3.05) is 19.8 Å². The zero-order chi connectivity index (χ0) is 52.0. The fourth-order valence-corrected chi connectivity index (χ4v) is 8.10. The fraction of sp³-hybridized carbons (Fsp3) is 0.672. The standard InChI is InChI=1S/C67H112O5/c1-4-7-10-13-16-19-22-25-28-31-33-35-38-41-44-47-50-53-56-59-62-70-63-65(72-67(69)61-58-55-52-49-46-43-40-36-30-27-24-21-18-15-12-9-6-3)64-71-66(68)60-57-54-51-48-45-42-39-37-34-32-29-26-23-20-17-14-11-8-5-2/h7,9-10,12,16,18-19,21,25,27-28,30,33,35,40-41,43-44,49,52,65H,4-6,8,11,13-15,17,20,22-24,26,29,31-32,34,36-39,42,45-48,50-51,53-64H2,1-3H3/b10-7-,12-9-,19-16-,21-18-,28-25-,30-27-,35-33-,43-40-,44-41-,52-49-. The van der Waals surface area contributed by atoms with Gasteiger partial charge < -0.3 is 14.2 Å². The van der Waals surface area contributed by atoms with Crippen LogP contribution in [-0.2, 0) is 23.8 Å². The van der Waals surface area contributed by atoms with E-state index in [4.69, 9.17) is 14.2 Å². The molecule has 0 fully saturated rings. The summed E-state index contributed by atoms with van der Waals surface area (Å²) >= 11 is 0. The number of ether oxygens (including phenoxy) is 3. The largest absolute Gasteiger partial charge is 0.462 e. The van der Waals surface area contributed by atoms with Crippen molar-refractivity contribution < 1.29 is 23.8 Å². The molecule has 410 valence electrons. The Morgan fingerprint density at radius 1 is 0.319 bits per heavy atom. The van der Waals surface area contributed by atoms with Crippen LogP contribution in [0.5, 0.6) is 0 Å². The molecule has 0 radical (unpaired) electrons. The van der Waals surface area contributed by atoms with Crippen molar-refractivity contribution in [3.8, 4) is 0 Å². The van der Waals surface area contributed by atoms with Gasteiger partial charge in [-0.1, -0.05) is 271 Å². The van der Waals surface area contributed by atoms with Crippen LogP contribution in [0.3, 0.4) is 0 Å². The van der Waals surface area contributed by atoms with Gasteiger partial charge in [-0.05, 0) is 103 Å². The van der Waals surface area contributed by atoms with Crippen molar-refractivity contribution in [3.63, 3.8) is 0 Å². The SMILES string of the molecule is CC/C=C\C/C=C\C/C=C\C/C=C\C/C=C\CCCCCCOCC(COC(=O)CCCCCCCCCCCCCCCCCCCCC)OC(=O)CCC/C=C\C/C=C\C/C=C\C/C=C\C/C=C\CC. The van der Waals surface area contributed by atoms with E-state index < -0.39 is 6.10 Å². The molecule has 1 unspecified atom stereocenters. The maximum atomic E-state index is 12.9. The van der Waals surface area contributed by atoms with E-state index in [1.165, 1.54) is 116 Å². The molecule has 0 aliphatic heterocycles. The smallest absolute Gasteiger partial charge is 0.306 e. The highest BCUT2D eigenvalue weighted by molar-refractivity contribution is 5.70. The molecule has 0 saturated heterocycles. The summed E-state index contributed by atoms with van der Waals surface area (Å²) in [7, 11) is 0. The molecule has 0 heterocycles. The van der Waals surface area contributed by atoms with Crippen LogP contribution >= 0.6 is 0 Å². The van der Waals surface area contributed by atoms with Crippen LogP contribution in [0.4, 0.5) is 0 Å². The maximum absolute atomic E-state index is 12.9. The van der Waals surface area contributed by atoms with Gasteiger partial charge in [0.2, 0.25) is 0 Å². The summed E-state index contributed by atoms with van der Waals surface area (Å²) in [6.45, 7) is 7.50. The monoisotopic (exact) mass is 997 g/mol. The first-order chi connectivity index (χ1) is 35.6. The first-order valence-corrected chi connectivity index (χ1v) is 30.1. The Hall–Kier alpha value is -3.70. The minimum Gasteiger partial charge on any atom is -0.462 e. The molecular weight excluding hydrogens is 885 g/mol. The number of unbranched alkanes of at least 4 members (excludes halogenated alkanes) is 23. The molecule has 0 aromatic carbocycles. The Bertz CT molecular complexity index is 1450. The van der Waals surface area contributed by atoms with Gasteiger partial charge in [-0.3, -0.25) is 9.59 Å². The van der Waals surface area contributed by atoms with Gasteiger partial charge in [0.25, 0.3) is 0 Å². The summed E-state index contributed by atoms with van der Waals surface area (Å²) in [5.41, 5.74) is 0. The molecule has 72 heavy (non-hydrogen) atoms. The molecule has 0 spiro atoms. The third-order valence-corrected chi connectivity index (χ3v) is 12.5. The van der Waals surface area contributed by atoms with Gasteiger partial charge in [0.15, 0.2) is 6.10 Å².